The van der Waals surface area contributed by atoms with Gasteiger partial charge in [0.1, 0.15) is 6.54 Å². The molecule has 3 N–H and O–H groups in total. The maximum atomic E-state index is 12.3. The summed E-state index contributed by atoms with van der Waals surface area (Å²) in [5, 5.41) is 15.0. The van der Waals surface area contributed by atoms with E-state index >= 15 is 0 Å². The average Bonchev–Trinajstić information content (AvgIpc) is 3.17. The Morgan fingerprint density at radius 2 is 1.47 bits per heavy atom. The number of carbonyl (C=O) groups excluding carboxylic acids is 2. The minimum absolute atomic E-state index is 0.00460. The molecule has 6 rings (SSSR count). The first kappa shape index (κ1) is 36.2. The summed E-state index contributed by atoms with van der Waals surface area (Å²) in [6.07, 6.45) is 0.0285. The molecule has 0 bridgehead atoms. The highest BCUT2D eigenvalue weighted by Crippen LogP contribution is 2.39. The molecule has 2 fully saturated rings. The number of hydrogen-bond donors (Lipinski definition) is 3. The summed E-state index contributed by atoms with van der Waals surface area (Å²) < 4.78 is 18.2. The lowest BCUT2D eigenvalue weighted by Crippen LogP contribution is -2.49. The number of amides is 2. The molecular formula is C41H48N4O6. The standard InChI is InChI=1S/C41H48N4O6/c1-2-49-39(47)26-43-41(48)42-25-35-10-6-7-11-37(35)32-16-18-34(19-17-32)40-50-36(24-38(51-40)33-14-12-31(29-46)13-15-33)28-45-22-20-44(21-23-45)27-30-8-4-3-5-9-30/h3-19,36,38,40,46H,2,20-29H2,1H3,(H2,42,43,48). The van der Waals surface area contributed by atoms with Crippen LogP contribution in [0.15, 0.2) is 103 Å². The predicted molar refractivity (Wildman–Crippen MR) is 195 cm³/mol. The van der Waals surface area contributed by atoms with Gasteiger partial charge in [0.2, 0.25) is 0 Å². The molecule has 0 saturated carbocycles. The Morgan fingerprint density at radius 1 is 0.784 bits per heavy atom. The van der Waals surface area contributed by atoms with Gasteiger partial charge in [0, 0.05) is 57.8 Å². The van der Waals surface area contributed by atoms with E-state index < -0.39 is 18.3 Å². The summed E-state index contributed by atoms with van der Waals surface area (Å²) in [5.74, 6) is -0.478. The molecule has 10 heteroatoms. The number of hydrogen-bond acceptors (Lipinski definition) is 8. The highest BCUT2D eigenvalue weighted by atomic mass is 16.7. The summed E-state index contributed by atoms with van der Waals surface area (Å²) in [6.45, 7) is 7.92. The number of rotatable bonds is 13. The van der Waals surface area contributed by atoms with Crippen LogP contribution in [0.25, 0.3) is 11.1 Å². The number of aliphatic hydroxyl groups is 1. The third-order valence-electron chi connectivity index (χ3n) is 9.44. The molecule has 268 valence electrons. The quantitative estimate of drug-likeness (QED) is 0.156. The minimum atomic E-state index is -0.542. The van der Waals surface area contributed by atoms with Crippen molar-refractivity contribution < 1.29 is 28.9 Å². The van der Waals surface area contributed by atoms with E-state index in [-0.39, 0.29) is 32.0 Å². The zero-order chi connectivity index (χ0) is 35.4. The molecule has 4 aromatic carbocycles. The van der Waals surface area contributed by atoms with Crippen molar-refractivity contribution in [3.05, 3.63) is 131 Å². The van der Waals surface area contributed by atoms with Crippen molar-refractivity contribution in [3.8, 4) is 11.1 Å². The molecule has 2 aliphatic heterocycles. The summed E-state index contributed by atoms with van der Waals surface area (Å²) >= 11 is 0. The van der Waals surface area contributed by atoms with Gasteiger partial charge in [0.05, 0.1) is 25.4 Å². The Hall–Kier alpha value is -4.58. The Kier molecular flexibility index (Phi) is 12.8. The van der Waals surface area contributed by atoms with Crippen molar-refractivity contribution in [1.29, 1.82) is 0 Å². The third-order valence-corrected chi connectivity index (χ3v) is 9.44. The van der Waals surface area contributed by atoms with E-state index in [1.807, 2.05) is 60.7 Å². The number of benzene rings is 4. The molecule has 0 aromatic heterocycles. The molecule has 2 saturated heterocycles. The number of nitrogens with zero attached hydrogens (tertiary/aromatic N) is 2. The fourth-order valence-electron chi connectivity index (χ4n) is 6.67. The number of piperazine rings is 1. The first-order valence-electron chi connectivity index (χ1n) is 17.8. The second-order valence-electron chi connectivity index (χ2n) is 13.0. The molecule has 0 spiro atoms. The van der Waals surface area contributed by atoms with Crippen LogP contribution in [0.4, 0.5) is 4.79 Å². The second-order valence-corrected chi connectivity index (χ2v) is 13.0. The Balaban J connectivity index is 1.11. The number of ether oxygens (including phenoxy) is 3. The largest absolute Gasteiger partial charge is 0.465 e. The van der Waals surface area contributed by atoms with E-state index in [0.29, 0.717) is 6.54 Å². The van der Waals surface area contributed by atoms with Gasteiger partial charge < -0.3 is 30.0 Å². The van der Waals surface area contributed by atoms with Gasteiger partial charge in [-0.15, -0.1) is 0 Å². The summed E-state index contributed by atoms with van der Waals surface area (Å²) in [5.41, 5.74) is 7.15. The van der Waals surface area contributed by atoms with E-state index in [1.54, 1.807) is 6.92 Å². The van der Waals surface area contributed by atoms with Crippen LogP contribution in [0.1, 0.15) is 53.6 Å². The molecule has 2 aliphatic rings. The maximum Gasteiger partial charge on any atom is 0.325 e. The summed E-state index contributed by atoms with van der Waals surface area (Å²) in [4.78, 5) is 28.9. The lowest BCUT2D eigenvalue weighted by Gasteiger charge is -2.40. The van der Waals surface area contributed by atoms with E-state index in [9.17, 15) is 14.7 Å². The van der Waals surface area contributed by atoms with Crippen LogP contribution in [-0.4, -0.2) is 78.9 Å². The molecule has 3 unspecified atom stereocenters. The lowest BCUT2D eigenvalue weighted by molar-refractivity contribution is -0.253. The van der Waals surface area contributed by atoms with Crippen LogP contribution in [0, 0.1) is 0 Å². The zero-order valence-electron chi connectivity index (χ0n) is 29.2. The minimum Gasteiger partial charge on any atom is -0.465 e. The molecule has 0 radical (unpaired) electrons. The van der Waals surface area contributed by atoms with E-state index in [2.05, 4.69) is 62.9 Å². The van der Waals surface area contributed by atoms with E-state index in [1.165, 1.54) is 5.56 Å². The van der Waals surface area contributed by atoms with Gasteiger partial charge in [-0.3, -0.25) is 14.6 Å². The van der Waals surface area contributed by atoms with Crippen LogP contribution in [0.2, 0.25) is 0 Å². The monoisotopic (exact) mass is 692 g/mol. The van der Waals surface area contributed by atoms with Crippen LogP contribution in [-0.2, 0) is 38.7 Å². The maximum absolute atomic E-state index is 12.3. The fourth-order valence-corrected chi connectivity index (χ4v) is 6.67. The van der Waals surface area contributed by atoms with Crippen molar-refractivity contribution >= 4 is 12.0 Å². The van der Waals surface area contributed by atoms with Gasteiger partial charge in [0.25, 0.3) is 0 Å². The van der Waals surface area contributed by atoms with Gasteiger partial charge in [-0.1, -0.05) is 103 Å². The van der Waals surface area contributed by atoms with Gasteiger partial charge in [0.15, 0.2) is 6.29 Å². The van der Waals surface area contributed by atoms with Crippen molar-refractivity contribution in [2.24, 2.45) is 0 Å². The number of carbonyl (C=O) groups is 2. The number of nitrogens with one attached hydrogen (secondary N) is 2. The zero-order valence-corrected chi connectivity index (χ0v) is 29.2. The SMILES string of the molecule is CCOC(=O)CNC(=O)NCc1ccccc1-c1ccc(C2OC(CN3CCN(Cc4ccccc4)CC3)CC(c3ccc(CO)cc3)O2)cc1. The normalized spacial score (nSPS) is 19.7. The summed E-state index contributed by atoms with van der Waals surface area (Å²) in [7, 11) is 0. The van der Waals surface area contributed by atoms with Crippen molar-refractivity contribution in [3.63, 3.8) is 0 Å². The number of urea groups is 1. The first-order chi connectivity index (χ1) is 25.0. The Bertz CT molecular complexity index is 1690. The second kappa shape index (κ2) is 18.1. The van der Waals surface area contributed by atoms with Crippen LogP contribution < -0.4 is 10.6 Å². The highest BCUT2D eigenvalue weighted by Gasteiger charge is 2.34. The van der Waals surface area contributed by atoms with Gasteiger partial charge in [-0.25, -0.2) is 4.79 Å². The topological polar surface area (TPSA) is 113 Å². The smallest absolute Gasteiger partial charge is 0.325 e. The third kappa shape index (κ3) is 10.2. The number of aliphatic hydroxyl groups excluding tert-OH is 1. The van der Waals surface area contributed by atoms with Crippen molar-refractivity contribution in [1.82, 2.24) is 20.4 Å². The van der Waals surface area contributed by atoms with Gasteiger partial charge in [-0.05, 0) is 40.3 Å². The first-order valence-corrected chi connectivity index (χ1v) is 17.8. The van der Waals surface area contributed by atoms with E-state index in [0.717, 1.165) is 79.1 Å². The Labute approximate surface area is 300 Å². The Morgan fingerprint density at radius 3 is 2.20 bits per heavy atom. The molecule has 51 heavy (non-hydrogen) atoms. The van der Waals surface area contributed by atoms with Gasteiger partial charge >= 0.3 is 12.0 Å². The van der Waals surface area contributed by atoms with Crippen molar-refractivity contribution in [2.45, 2.75) is 51.5 Å². The molecular weight excluding hydrogens is 644 g/mol. The van der Waals surface area contributed by atoms with Crippen LogP contribution in [0.3, 0.4) is 0 Å². The summed E-state index contributed by atoms with van der Waals surface area (Å²) in [6, 6.07) is 34.3. The molecule has 0 aliphatic carbocycles. The van der Waals surface area contributed by atoms with Crippen LogP contribution in [0.5, 0.6) is 0 Å². The van der Waals surface area contributed by atoms with E-state index in [4.69, 9.17) is 14.2 Å². The average molecular weight is 693 g/mol. The van der Waals surface area contributed by atoms with Crippen LogP contribution >= 0.6 is 0 Å². The van der Waals surface area contributed by atoms with Gasteiger partial charge in [-0.2, -0.15) is 0 Å². The lowest BCUT2D eigenvalue weighted by atomic mass is 9.97. The molecule has 10 nitrogen and oxygen atoms in total. The molecule has 3 atom stereocenters. The fraction of sp³-hybridized carbons (Fsp3) is 0.366. The number of esters is 1. The molecule has 4 aromatic rings. The van der Waals surface area contributed by atoms with Crippen molar-refractivity contribution in [2.75, 3.05) is 45.9 Å². The highest BCUT2D eigenvalue weighted by molar-refractivity contribution is 5.81. The molecule has 2 amide bonds. The predicted octanol–water partition coefficient (Wildman–Crippen LogP) is 5.57. The molecule has 2 heterocycles.